The van der Waals surface area contributed by atoms with Gasteiger partial charge >= 0.3 is 29.6 Å². The smallest absolute Gasteiger partial charge is 0.550 e. The normalized spacial score (nSPS) is 12.6. The predicted octanol–water partition coefficient (Wildman–Crippen LogP) is 1.09. The summed E-state index contributed by atoms with van der Waals surface area (Å²) < 4.78 is 20.5. The van der Waals surface area contributed by atoms with E-state index < -0.39 is 11.8 Å². The Labute approximate surface area is 216 Å². The van der Waals surface area contributed by atoms with Crippen molar-refractivity contribution in [1.29, 1.82) is 0 Å². The Morgan fingerprint density at radius 3 is 2.58 bits per heavy atom. The van der Waals surface area contributed by atoms with Crippen molar-refractivity contribution in [3.05, 3.63) is 94.8 Å². The van der Waals surface area contributed by atoms with Crippen molar-refractivity contribution in [1.82, 2.24) is 0 Å². The molecule has 0 radical (unpaired) electrons. The van der Waals surface area contributed by atoms with Gasteiger partial charge in [-0.05, 0) is 66.5 Å². The predicted molar refractivity (Wildman–Crippen MR) is 121 cm³/mol. The van der Waals surface area contributed by atoms with E-state index in [1.807, 2.05) is 18.2 Å². The van der Waals surface area contributed by atoms with Crippen molar-refractivity contribution in [2.24, 2.45) is 0 Å². The third-order valence-corrected chi connectivity index (χ3v) is 5.90. The van der Waals surface area contributed by atoms with E-state index in [1.165, 1.54) is 17.2 Å². The fourth-order valence-electron chi connectivity index (χ4n) is 4.23. The van der Waals surface area contributed by atoms with Crippen molar-refractivity contribution in [3.63, 3.8) is 0 Å². The van der Waals surface area contributed by atoms with E-state index >= 15 is 0 Å². The molecule has 0 fully saturated rings. The minimum atomic E-state index is -1.18. The first-order chi connectivity index (χ1) is 15.6. The number of carboxylic acids is 1. The van der Waals surface area contributed by atoms with Gasteiger partial charge in [0.25, 0.3) is 0 Å². The monoisotopic (exact) mass is 455 g/mol. The second kappa shape index (κ2) is 12.2. The van der Waals surface area contributed by atoms with E-state index in [0.29, 0.717) is 11.1 Å². The zero-order chi connectivity index (χ0) is 22.3. The van der Waals surface area contributed by atoms with Gasteiger partial charge in [0, 0.05) is 19.1 Å². The molecule has 0 aromatic heterocycles. The molecule has 3 aromatic rings. The number of carboxylic acid groups (broad SMARTS) is 1. The van der Waals surface area contributed by atoms with Crippen LogP contribution in [0.2, 0.25) is 0 Å². The van der Waals surface area contributed by atoms with Gasteiger partial charge in [0.05, 0.1) is 5.69 Å². The molecule has 0 spiro atoms. The van der Waals surface area contributed by atoms with Gasteiger partial charge in [-0.2, -0.15) is 0 Å². The summed E-state index contributed by atoms with van der Waals surface area (Å²) in [6.07, 6.45) is 3.03. The van der Waals surface area contributed by atoms with Crippen LogP contribution in [0.5, 0.6) is 5.75 Å². The summed E-state index contributed by atoms with van der Waals surface area (Å²) in [4.78, 5) is 13.0. The molecular formula is C27H27FNNaO3. The van der Waals surface area contributed by atoms with Gasteiger partial charge in [-0.15, -0.1) is 0 Å². The molecule has 1 aliphatic rings. The topological polar surface area (TPSA) is 52.6 Å². The van der Waals surface area contributed by atoms with E-state index in [4.69, 9.17) is 4.74 Å². The zero-order valence-electron chi connectivity index (χ0n) is 19.1. The molecule has 4 rings (SSSR count). The Bertz CT molecular complexity index is 1070. The summed E-state index contributed by atoms with van der Waals surface area (Å²) in [6, 6.07) is 21.5. The number of anilines is 1. The molecule has 1 heterocycles. The number of aryl methyl sites for hydroxylation is 2. The number of hydrogen-bond acceptors (Lipinski definition) is 4. The maximum Gasteiger partial charge on any atom is 1.00 e. The fourth-order valence-corrected chi connectivity index (χ4v) is 4.23. The first-order valence-electron chi connectivity index (χ1n) is 11.1. The van der Waals surface area contributed by atoms with Gasteiger partial charge in [-0.3, -0.25) is 0 Å². The second-order valence-corrected chi connectivity index (χ2v) is 8.18. The maximum atomic E-state index is 14.3. The summed E-state index contributed by atoms with van der Waals surface area (Å²) in [6.45, 7) is 2.15. The molecule has 0 saturated heterocycles. The molecule has 166 valence electrons. The maximum absolute atomic E-state index is 14.3. The number of halogens is 1. The number of fused-ring (bicyclic) bond motifs is 1. The standard InChI is InChI=1S/C27H28FNO3.Na/c28-24-18-21(11-12-22(24)13-14-26(30)31)19-32-25-10-4-8-23-9-5-16-29(27(23)25)17-15-20-6-2-1-3-7-20;/h1-4,6-8,10-12,18H,5,9,13-17,19H2,(H,30,31);/q;+1/p-1. The summed E-state index contributed by atoms with van der Waals surface area (Å²) in [5.74, 6) is -0.772. The van der Waals surface area contributed by atoms with E-state index in [1.54, 1.807) is 12.1 Å². The number of benzene rings is 3. The largest absolute Gasteiger partial charge is 1.00 e. The molecule has 0 N–H and O–H groups in total. The minimum absolute atomic E-state index is 0. The van der Waals surface area contributed by atoms with Gasteiger partial charge < -0.3 is 19.5 Å². The summed E-state index contributed by atoms with van der Waals surface area (Å²) >= 11 is 0. The quantitative estimate of drug-likeness (QED) is 0.454. The number of rotatable bonds is 9. The fraction of sp³-hybridized carbons (Fsp3) is 0.296. The average molecular weight is 456 g/mol. The molecule has 3 aromatic carbocycles. The number of carbonyl (C=O) groups is 1. The molecule has 1 aliphatic heterocycles. The van der Waals surface area contributed by atoms with Gasteiger partial charge in [0.1, 0.15) is 18.2 Å². The second-order valence-electron chi connectivity index (χ2n) is 8.18. The number of hydrogen-bond donors (Lipinski definition) is 0. The van der Waals surface area contributed by atoms with E-state index in [-0.39, 0.29) is 49.0 Å². The number of aliphatic carboxylic acids is 1. The molecule has 0 bridgehead atoms. The summed E-state index contributed by atoms with van der Waals surface area (Å²) in [5.41, 5.74) is 4.82. The Morgan fingerprint density at radius 1 is 1.00 bits per heavy atom. The van der Waals surface area contributed by atoms with Gasteiger partial charge in [0.15, 0.2) is 0 Å². The van der Waals surface area contributed by atoms with Crippen LogP contribution >= 0.6 is 0 Å². The number of nitrogens with zero attached hydrogens (tertiary/aromatic N) is 1. The van der Waals surface area contributed by atoms with E-state index in [9.17, 15) is 14.3 Å². The van der Waals surface area contributed by atoms with Crippen LogP contribution in [-0.4, -0.2) is 19.1 Å². The van der Waals surface area contributed by atoms with Crippen molar-refractivity contribution >= 4 is 11.7 Å². The molecule has 0 amide bonds. The average Bonchev–Trinajstić information content (AvgIpc) is 2.81. The van der Waals surface area contributed by atoms with Crippen LogP contribution in [0.25, 0.3) is 0 Å². The Hall–Kier alpha value is -2.34. The number of carbonyl (C=O) groups excluding carboxylic acids is 1. The SMILES string of the molecule is O=C([O-])CCc1ccc(COc2cccc3c2N(CCc2ccccc2)CCC3)cc1F.[Na+]. The molecule has 6 heteroatoms. The molecule has 0 aliphatic carbocycles. The van der Waals surface area contributed by atoms with Crippen LogP contribution < -0.4 is 44.3 Å². The van der Waals surface area contributed by atoms with Gasteiger partial charge in [-0.1, -0.05) is 54.6 Å². The first-order valence-corrected chi connectivity index (χ1v) is 11.1. The number of ether oxygens (including phenoxy) is 1. The third-order valence-electron chi connectivity index (χ3n) is 5.90. The van der Waals surface area contributed by atoms with Crippen LogP contribution in [0, 0.1) is 5.82 Å². The van der Waals surface area contributed by atoms with Crippen LogP contribution in [0.15, 0.2) is 66.7 Å². The molecule has 0 unspecified atom stereocenters. The molecule has 4 nitrogen and oxygen atoms in total. The zero-order valence-corrected chi connectivity index (χ0v) is 21.1. The van der Waals surface area contributed by atoms with Crippen LogP contribution in [0.4, 0.5) is 10.1 Å². The van der Waals surface area contributed by atoms with Crippen molar-refractivity contribution < 1.29 is 48.6 Å². The molecular weight excluding hydrogens is 428 g/mol. The van der Waals surface area contributed by atoms with Crippen LogP contribution in [-0.2, 0) is 30.7 Å². The Morgan fingerprint density at radius 2 is 1.82 bits per heavy atom. The third kappa shape index (κ3) is 6.83. The van der Waals surface area contributed by atoms with Crippen molar-refractivity contribution in [2.75, 3.05) is 18.0 Å². The summed E-state index contributed by atoms with van der Waals surface area (Å²) in [7, 11) is 0. The Balaban J connectivity index is 0.00000306. The summed E-state index contributed by atoms with van der Waals surface area (Å²) in [5, 5.41) is 10.6. The van der Waals surface area contributed by atoms with Crippen molar-refractivity contribution in [2.45, 2.75) is 38.7 Å². The molecule has 0 saturated carbocycles. The first kappa shape index (κ1) is 25.3. The minimum Gasteiger partial charge on any atom is -0.550 e. The van der Waals surface area contributed by atoms with Gasteiger partial charge in [0.2, 0.25) is 0 Å². The van der Waals surface area contributed by atoms with Crippen LogP contribution in [0.1, 0.15) is 35.1 Å². The van der Waals surface area contributed by atoms with E-state index in [0.717, 1.165) is 43.8 Å². The number of para-hydroxylation sites is 1. The van der Waals surface area contributed by atoms with Crippen molar-refractivity contribution in [3.8, 4) is 5.75 Å². The van der Waals surface area contributed by atoms with Gasteiger partial charge in [-0.25, -0.2) is 4.39 Å². The molecule has 33 heavy (non-hydrogen) atoms. The van der Waals surface area contributed by atoms with E-state index in [2.05, 4.69) is 35.2 Å². The molecule has 0 atom stereocenters. The Kier molecular flexibility index (Phi) is 9.36. The van der Waals surface area contributed by atoms with Crippen LogP contribution in [0.3, 0.4) is 0 Å².